The van der Waals surface area contributed by atoms with Gasteiger partial charge in [0.1, 0.15) is 12.4 Å². The third-order valence-electron chi connectivity index (χ3n) is 2.54. The van der Waals surface area contributed by atoms with E-state index in [0.717, 1.165) is 5.56 Å². The lowest BCUT2D eigenvalue weighted by Crippen LogP contribution is -2.14. The Kier molecular flexibility index (Phi) is 4.85. The number of ether oxygens (including phenoxy) is 2. The van der Waals surface area contributed by atoms with Gasteiger partial charge in [-0.15, -0.1) is 0 Å². The van der Waals surface area contributed by atoms with Crippen LogP contribution in [-0.4, -0.2) is 12.6 Å². The maximum Gasteiger partial charge on any atom is 0.344 e. The van der Waals surface area contributed by atoms with Gasteiger partial charge in [-0.3, -0.25) is 0 Å². The van der Waals surface area contributed by atoms with E-state index >= 15 is 0 Å². The van der Waals surface area contributed by atoms with Crippen LogP contribution in [0.4, 0.5) is 5.69 Å². The highest BCUT2D eigenvalue weighted by atomic mass is 35.5. The van der Waals surface area contributed by atoms with Crippen LogP contribution < -0.4 is 10.5 Å². The molecule has 0 amide bonds. The molecule has 0 bridgehead atoms. The summed E-state index contributed by atoms with van der Waals surface area (Å²) in [6.45, 7) is 0.0228. The molecule has 2 rings (SSSR count). The minimum Gasteiger partial charge on any atom is -0.480 e. The fraction of sp³-hybridized carbons (Fsp3) is 0.133. The maximum absolute atomic E-state index is 11.6. The van der Waals surface area contributed by atoms with E-state index < -0.39 is 5.97 Å². The molecule has 2 aromatic carbocycles. The average molecular weight is 292 g/mol. The summed E-state index contributed by atoms with van der Waals surface area (Å²) in [5, 5.41) is 0.362. The second-order valence-electron chi connectivity index (χ2n) is 4.12. The monoisotopic (exact) mass is 291 g/mol. The van der Waals surface area contributed by atoms with Crippen molar-refractivity contribution in [2.24, 2.45) is 0 Å². The number of rotatable bonds is 5. The standard InChI is InChI=1S/C15H14ClNO3/c16-13-8-12(17)6-7-14(13)19-10-15(18)20-9-11-4-2-1-3-5-11/h1-8H,9-10,17H2. The topological polar surface area (TPSA) is 61.5 Å². The van der Waals surface area contributed by atoms with Crippen molar-refractivity contribution in [2.75, 3.05) is 12.3 Å². The maximum atomic E-state index is 11.6. The number of benzene rings is 2. The first-order chi connectivity index (χ1) is 9.65. The Hall–Kier alpha value is -2.20. The summed E-state index contributed by atoms with van der Waals surface area (Å²) in [6, 6.07) is 14.2. The number of nitrogen functional groups attached to an aromatic ring is 1. The third kappa shape index (κ3) is 4.17. The lowest BCUT2D eigenvalue weighted by Gasteiger charge is -2.08. The highest BCUT2D eigenvalue weighted by Gasteiger charge is 2.07. The molecule has 0 radical (unpaired) electrons. The third-order valence-corrected chi connectivity index (χ3v) is 2.84. The second kappa shape index (κ2) is 6.82. The summed E-state index contributed by atoms with van der Waals surface area (Å²) >= 11 is 5.93. The van der Waals surface area contributed by atoms with Crippen molar-refractivity contribution in [3.05, 3.63) is 59.1 Å². The van der Waals surface area contributed by atoms with Gasteiger partial charge >= 0.3 is 5.97 Å². The molecule has 0 fully saturated rings. The molecule has 0 saturated heterocycles. The Morgan fingerprint density at radius 2 is 1.90 bits per heavy atom. The van der Waals surface area contributed by atoms with E-state index in [9.17, 15) is 4.79 Å². The van der Waals surface area contributed by atoms with Crippen molar-refractivity contribution in [1.82, 2.24) is 0 Å². The number of halogens is 1. The Balaban J connectivity index is 1.80. The van der Waals surface area contributed by atoms with Gasteiger partial charge in [0.2, 0.25) is 0 Å². The van der Waals surface area contributed by atoms with Gasteiger partial charge in [-0.05, 0) is 23.8 Å². The van der Waals surface area contributed by atoms with Crippen molar-refractivity contribution >= 4 is 23.3 Å². The summed E-state index contributed by atoms with van der Waals surface area (Å²) in [6.07, 6.45) is 0. The average Bonchev–Trinajstić information content (AvgIpc) is 2.45. The predicted octanol–water partition coefficient (Wildman–Crippen LogP) is 3.04. The molecule has 0 aliphatic heterocycles. The fourth-order valence-corrected chi connectivity index (χ4v) is 1.79. The van der Waals surface area contributed by atoms with Crippen LogP contribution in [0.1, 0.15) is 5.56 Å². The zero-order valence-corrected chi connectivity index (χ0v) is 11.5. The zero-order chi connectivity index (χ0) is 14.4. The summed E-state index contributed by atoms with van der Waals surface area (Å²) in [5.74, 6) is -0.0562. The highest BCUT2D eigenvalue weighted by molar-refractivity contribution is 6.32. The van der Waals surface area contributed by atoms with Crippen LogP contribution in [0.2, 0.25) is 5.02 Å². The van der Waals surface area contributed by atoms with Gasteiger partial charge in [-0.1, -0.05) is 41.9 Å². The van der Waals surface area contributed by atoms with Crippen LogP contribution >= 0.6 is 11.6 Å². The summed E-state index contributed by atoms with van der Waals surface area (Å²) < 4.78 is 10.4. The summed E-state index contributed by atoms with van der Waals surface area (Å²) in [5.41, 5.74) is 7.02. The first-order valence-corrected chi connectivity index (χ1v) is 6.40. The normalized spacial score (nSPS) is 10.1. The first-order valence-electron chi connectivity index (χ1n) is 6.02. The van der Waals surface area contributed by atoms with Gasteiger partial charge in [-0.2, -0.15) is 0 Å². The van der Waals surface area contributed by atoms with Gasteiger partial charge < -0.3 is 15.2 Å². The Morgan fingerprint density at radius 3 is 2.60 bits per heavy atom. The quantitative estimate of drug-likeness (QED) is 0.679. The molecule has 0 unspecified atom stereocenters. The molecule has 0 atom stereocenters. The Bertz CT molecular complexity index is 587. The molecular formula is C15H14ClNO3. The van der Waals surface area contributed by atoms with E-state index in [1.165, 1.54) is 0 Å². The van der Waals surface area contributed by atoms with Crippen molar-refractivity contribution in [3.8, 4) is 5.75 Å². The van der Waals surface area contributed by atoms with Crippen molar-refractivity contribution in [3.63, 3.8) is 0 Å². The molecule has 2 aromatic rings. The van der Waals surface area contributed by atoms with Gasteiger partial charge in [0.15, 0.2) is 6.61 Å². The Labute approximate surface area is 122 Å². The molecule has 0 spiro atoms. The summed E-state index contributed by atoms with van der Waals surface area (Å²) in [4.78, 5) is 11.6. The molecule has 0 aromatic heterocycles. The van der Waals surface area contributed by atoms with E-state index in [0.29, 0.717) is 16.5 Å². The molecule has 0 aliphatic rings. The zero-order valence-electron chi connectivity index (χ0n) is 10.7. The SMILES string of the molecule is Nc1ccc(OCC(=O)OCc2ccccc2)c(Cl)c1. The fourth-order valence-electron chi connectivity index (χ4n) is 1.55. The molecule has 2 N–H and O–H groups in total. The van der Waals surface area contributed by atoms with Crippen LogP contribution in [0.5, 0.6) is 5.75 Å². The van der Waals surface area contributed by atoms with Gasteiger partial charge in [0, 0.05) is 5.69 Å². The Morgan fingerprint density at radius 1 is 1.15 bits per heavy atom. The van der Waals surface area contributed by atoms with Crippen LogP contribution in [0.15, 0.2) is 48.5 Å². The smallest absolute Gasteiger partial charge is 0.344 e. The number of hydrogen-bond donors (Lipinski definition) is 1. The van der Waals surface area contributed by atoms with E-state index in [-0.39, 0.29) is 13.2 Å². The van der Waals surface area contributed by atoms with Gasteiger partial charge in [0.25, 0.3) is 0 Å². The molecular weight excluding hydrogens is 278 g/mol. The van der Waals surface area contributed by atoms with E-state index in [2.05, 4.69) is 0 Å². The largest absolute Gasteiger partial charge is 0.480 e. The van der Waals surface area contributed by atoms with Crippen LogP contribution in [0.3, 0.4) is 0 Å². The molecule has 0 saturated carbocycles. The number of carbonyl (C=O) groups is 1. The molecule has 5 heteroatoms. The number of anilines is 1. The molecule has 0 aliphatic carbocycles. The van der Waals surface area contributed by atoms with E-state index in [4.69, 9.17) is 26.8 Å². The second-order valence-corrected chi connectivity index (χ2v) is 4.53. The van der Waals surface area contributed by atoms with Crippen molar-refractivity contribution < 1.29 is 14.3 Å². The molecule has 104 valence electrons. The molecule has 0 heterocycles. The minimum atomic E-state index is -0.457. The van der Waals surface area contributed by atoms with Crippen LogP contribution in [-0.2, 0) is 16.1 Å². The van der Waals surface area contributed by atoms with E-state index in [1.54, 1.807) is 18.2 Å². The van der Waals surface area contributed by atoms with E-state index in [1.807, 2.05) is 30.3 Å². The van der Waals surface area contributed by atoms with Crippen molar-refractivity contribution in [2.45, 2.75) is 6.61 Å². The minimum absolute atomic E-state index is 0.198. The number of hydrogen-bond acceptors (Lipinski definition) is 4. The highest BCUT2D eigenvalue weighted by Crippen LogP contribution is 2.26. The lowest BCUT2D eigenvalue weighted by molar-refractivity contribution is -0.147. The predicted molar refractivity (Wildman–Crippen MR) is 77.6 cm³/mol. The number of nitrogens with two attached hydrogens (primary N) is 1. The number of esters is 1. The van der Waals surface area contributed by atoms with Crippen molar-refractivity contribution in [1.29, 1.82) is 0 Å². The number of carbonyl (C=O) groups excluding carboxylic acids is 1. The lowest BCUT2D eigenvalue weighted by atomic mass is 10.2. The first kappa shape index (κ1) is 14.2. The van der Waals surface area contributed by atoms with Crippen LogP contribution in [0.25, 0.3) is 0 Å². The summed E-state index contributed by atoms with van der Waals surface area (Å²) in [7, 11) is 0. The van der Waals surface area contributed by atoms with Gasteiger partial charge in [-0.25, -0.2) is 4.79 Å². The molecule has 20 heavy (non-hydrogen) atoms. The van der Waals surface area contributed by atoms with Gasteiger partial charge in [0.05, 0.1) is 5.02 Å². The van der Waals surface area contributed by atoms with Crippen LogP contribution in [0, 0.1) is 0 Å². The molecule has 4 nitrogen and oxygen atoms in total.